The molecule has 96 valence electrons. The van der Waals surface area contributed by atoms with E-state index in [-0.39, 0.29) is 0 Å². The van der Waals surface area contributed by atoms with Crippen LogP contribution < -0.4 is 5.32 Å². The minimum Gasteiger partial charge on any atom is -0.370 e. The predicted octanol–water partition coefficient (Wildman–Crippen LogP) is 3.43. The Hall–Kier alpha value is -1.12. The van der Waals surface area contributed by atoms with Crippen molar-refractivity contribution in [1.29, 1.82) is 0 Å². The van der Waals surface area contributed by atoms with Gasteiger partial charge in [0.25, 0.3) is 0 Å². The van der Waals surface area contributed by atoms with Crippen LogP contribution in [0.1, 0.15) is 39.2 Å². The molecule has 0 saturated heterocycles. The standard InChI is InChI=1S/C14H25N3/c1-9(2)13(10(3)4)8-15-14-7-11(5)16-12(6)17-14/h7,9-10,13H,8H2,1-6H3,(H,15,16,17). The highest BCUT2D eigenvalue weighted by atomic mass is 15.0. The van der Waals surface area contributed by atoms with Crippen molar-refractivity contribution in [3.05, 3.63) is 17.6 Å². The first-order valence-corrected chi connectivity index (χ1v) is 6.46. The molecule has 1 N–H and O–H groups in total. The summed E-state index contributed by atoms with van der Waals surface area (Å²) in [6.45, 7) is 14.0. The molecule has 0 fully saturated rings. The molecule has 0 aliphatic rings. The fourth-order valence-electron chi connectivity index (χ4n) is 2.27. The van der Waals surface area contributed by atoms with Crippen molar-refractivity contribution in [3.8, 4) is 0 Å². The summed E-state index contributed by atoms with van der Waals surface area (Å²) in [6.07, 6.45) is 0. The van der Waals surface area contributed by atoms with Crippen LogP contribution in [0.5, 0.6) is 0 Å². The molecule has 1 aromatic heterocycles. The first kappa shape index (κ1) is 13.9. The molecule has 1 rings (SSSR count). The van der Waals surface area contributed by atoms with Gasteiger partial charge in [0.1, 0.15) is 11.6 Å². The SMILES string of the molecule is Cc1cc(NCC(C(C)C)C(C)C)nc(C)n1. The summed E-state index contributed by atoms with van der Waals surface area (Å²) >= 11 is 0. The maximum atomic E-state index is 4.40. The van der Waals surface area contributed by atoms with Gasteiger partial charge in [-0.2, -0.15) is 0 Å². The zero-order valence-corrected chi connectivity index (χ0v) is 11.9. The molecule has 0 aliphatic carbocycles. The lowest BCUT2D eigenvalue weighted by Crippen LogP contribution is -2.25. The second-order valence-corrected chi connectivity index (χ2v) is 5.47. The van der Waals surface area contributed by atoms with E-state index in [2.05, 4.69) is 43.0 Å². The maximum Gasteiger partial charge on any atom is 0.129 e. The Bertz CT molecular complexity index is 330. The van der Waals surface area contributed by atoms with Crippen molar-refractivity contribution in [1.82, 2.24) is 9.97 Å². The summed E-state index contributed by atoms with van der Waals surface area (Å²) in [4.78, 5) is 8.68. The lowest BCUT2D eigenvalue weighted by molar-refractivity contribution is 0.304. The molecule has 0 unspecified atom stereocenters. The quantitative estimate of drug-likeness (QED) is 0.849. The first-order chi connectivity index (χ1) is 7.90. The molecule has 0 aromatic carbocycles. The van der Waals surface area contributed by atoms with E-state index in [0.717, 1.165) is 23.9 Å². The van der Waals surface area contributed by atoms with Crippen LogP contribution in [-0.2, 0) is 0 Å². The Labute approximate surface area is 105 Å². The van der Waals surface area contributed by atoms with E-state index in [0.29, 0.717) is 17.8 Å². The zero-order chi connectivity index (χ0) is 13.0. The van der Waals surface area contributed by atoms with Gasteiger partial charge in [-0.15, -0.1) is 0 Å². The van der Waals surface area contributed by atoms with Crippen LogP contribution in [0.4, 0.5) is 5.82 Å². The van der Waals surface area contributed by atoms with Crippen molar-refractivity contribution in [2.75, 3.05) is 11.9 Å². The van der Waals surface area contributed by atoms with Gasteiger partial charge in [-0.3, -0.25) is 0 Å². The summed E-state index contributed by atoms with van der Waals surface area (Å²) in [6, 6.07) is 2.00. The normalized spacial score (nSPS) is 11.6. The van der Waals surface area contributed by atoms with E-state index >= 15 is 0 Å². The van der Waals surface area contributed by atoms with Crippen LogP contribution in [0.2, 0.25) is 0 Å². The average Bonchev–Trinajstić information content (AvgIpc) is 2.14. The number of nitrogens with zero attached hydrogens (tertiary/aromatic N) is 2. The third kappa shape index (κ3) is 4.33. The topological polar surface area (TPSA) is 37.8 Å². The second-order valence-electron chi connectivity index (χ2n) is 5.47. The highest BCUT2D eigenvalue weighted by Crippen LogP contribution is 2.21. The van der Waals surface area contributed by atoms with Gasteiger partial charge in [0.2, 0.25) is 0 Å². The van der Waals surface area contributed by atoms with E-state index in [1.807, 2.05) is 19.9 Å². The average molecular weight is 235 g/mol. The number of aryl methyl sites for hydroxylation is 2. The highest BCUT2D eigenvalue weighted by molar-refractivity contribution is 5.35. The number of hydrogen-bond donors (Lipinski definition) is 1. The van der Waals surface area contributed by atoms with Crippen LogP contribution in [0, 0.1) is 31.6 Å². The molecule has 3 heteroatoms. The minimum absolute atomic E-state index is 0.672. The summed E-state index contributed by atoms with van der Waals surface area (Å²) in [5.74, 6) is 3.82. The third-order valence-corrected chi connectivity index (χ3v) is 3.20. The van der Waals surface area contributed by atoms with E-state index in [9.17, 15) is 0 Å². The van der Waals surface area contributed by atoms with Gasteiger partial charge in [-0.1, -0.05) is 27.7 Å². The predicted molar refractivity (Wildman–Crippen MR) is 73.2 cm³/mol. The van der Waals surface area contributed by atoms with Crippen molar-refractivity contribution < 1.29 is 0 Å². The molecular formula is C14H25N3. The summed E-state index contributed by atoms with van der Waals surface area (Å²) < 4.78 is 0. The van der Waals surface area contributed by atoms with Crippen LogP contribution in [-0.4, -0.2) is 16.5 Å². The fourth-order valence-corrected chi connectivity index (χ4v) is 2.27. The van der Waals surface area contributed by atoms with Gasteiger partial charge in [0.15, 0.2) is 0 Å². The fraction of sp³-hybridized carbons (Fsp3) is 0.714. The Balaban J connectivity index is 2.65. The Morgan fingerprint density at radius 1 is 1.06 bits per heavy atom. The minimum atomic E-state index is 0.672. The molecule has 0 spiro atoms. The van der Waals surface area contributed by atoms with E-state index in [1.165, 1.54) is 0 Å². The largest absolute Gasteiger partial charge is 0.370 e. The van der Waals surface area contributed by atoms with Crippen LogP contribution in [0.25, 0.3) is 0 Å². The molecule has 0 amide bonds. The smallest absolute Gasteiger partial charge is 0.129 e. The van der Waals surface area contributed by atoms with Gasteiger partial charge < -0.3 is 5.32 Å². The molecule has 1 heterocycles. The van der Waals surface area contributed by atoms with Gasteiger partial charge >= 0.3 is 0 Å². The lowest BCUT2D eigenvalue weighted by atomic mass is 9.85. The number of rotatable bonds is 5. The van der Waals surface area contributed by atoms with Crippen molar-refractivity contribution in [2.45, 2.75) is 41.5 Å². The van der Waals surface area contributed by atoms with Gasteiger partial charge in [0, 0.05) is 18.3 Å². The maximum absolute atomic E-state index is 4.40. The van der Waals surface area contributed by atoms with Crippen molar-refractivity contribution in [2.24, 2.45) is 17.8 Å². The summed E-state index contributed by atoms with van der Waals surface area (Å²) in [5, 5.41) is 3.44. The van der Waals surface area contributed by atoms with Crippen LogP contribution in [0.3, 0.4) is 0 Å². The molecule has 0 saturated carbocycles. The third-order valence-electron chi connectivity index (χ3n) is 3.20. The van der Waals surface area contributed by atoms with Gasteiger partial charge in [-0.25, -0.2) is 9.97 Å². The van der Waals surface area contributed by atoms with Crippen LogP contribution >= 0.6 is 0 Å². The highest BCUT2D eigenvalue weighted by Gasteiger charge is 2.17. The zero-order valence-electron chi connectivity index (χ0n) is 11.9. The molecule has 0 aliphatic heterocycles. The number of hydrogen-bond acceptors (Lipinski definition) is 3. The molecule has 0 bridgehead atoms. The summed E-state index contributed by atoms with van der Waals surface area (Å²) in [7, 11) is 0. The number of aromatic nitrogens is 2. The molecule has 17 heavy (non-hydrogen) atoms. The Morgan fingerprint density at radius 3 is 2.12 bits per heavy atom. The molecular weight excluding hydrogens is 210 g/mol. The lowest BCUT2D eigenvalue weighted by Gasteiger charge is -2.25. The van der Waals surface area contributed by atoms with Gasteiger partial charge in [-0.05, 0) is 31.6 Å². The first-order valence-electron chi connectivity index (χ1n) is 6.46. The van der Waals surface area contributed by atoms with Crippen molar-refractivity contribution >= 4 is 5.82 Å². The number of nitrogens with one attached hydrogen (secondary N) is 1. The van der Waals surface area contributed by atoms with E-state index in [4.69, 9.17) is 0 Å². The molecule has 3 nitrogen and oxygen atoms in total. The number of anilines is 1. The van der Waals surface area contributed by atoms with E-state index in [1.54, 1.807) is 0 Å². The van der Waals surface area contributed by atoms with E-state index < -0.39 is 0 Å². The molecule has 0 radical (unpaired) electrons. The Kier molecular flexibility index (Phi) is 4.91. The Morgan fingerprint density at radius 2 is 1.65 bits per heavy atom. The van der Waals surface area contributed by atoms with Crippen molar-refractivity contribution in [3.63, 3.8) is 0 Å². The second kappa shape index (κ2) is 5.99. The summed E-state index contributed by atoms with van der Waals surface area (Å²) in [5.41, 5.74) is 1.02. The molecule has 1 aromatic rings. The molecule has 0 atom stereocenters. The van der Waals surface area contributed by atoms with Gasteiger partial charge in [0.05, 0.1) is 0 Å². The van der Waals surface area contributed by atoms with Crippen LogP contribution in [0.15, 0.2) is 6.07 Å². The monoisotopic (exact) mass is 235 g/mol.